The first-order chi connectivity index (χ1) is 9.75. The summed E-state index contributed by atoms with van der Waals surface area (Å²) in [5.41, 5.74) is 0.0378. The monoisotopic (exact) mass is 280 g/mol. The second kappa shape index (κ2) is 6.15. The molecule has 0 spiro atoms. The maximum absolute atomic E-state index is 9.61. The lowest BCUT2D eigenvalue weighted by Gasteiger charge is -2.21. The molecule has 2 aromatic rings. The zero-order chi connectivity index (χ0) is 14.4. The average Bonchev–Trinajstić information content (AvgIpc) is 2.92. The lowest BCUT2D eigenvalue weighted by molar-refractivity contribution is 0.475. The van der Waals surface area contributed by atoms with Crippen LogP contribution in [0.5, 0.6) is 0 Å². The smallest absolute Gasteiger partial charge is 0.114 e. The number of thiazole rings is 1. The van der Waals surface area contributed by atoms with E-state index in [2.05, 4.69) is 23.2 Å². The fourth-order valence-electron chi connectivity index (χ4n) is 2.11. The Bertz CT molecular complexity index is 676. The van der Waals surface area contributed by atoms with Gasteiger partial charge in [0.2, 0.25) is 0 Å². The zero-order valence-corrected chi connectivity index (χ0v) is 11.7. The molecule has 5 heteroatoms. The van der Waals surface area contributed by atoms with E-state index in [9.17, 15) is 5.26 Å². The first kappa shape index (κ1) is 14.0. The normalized spacial score (nSPS) is 10.7. The third kappa shape index (κ3) is 2.62. The highest BCUT2D eigenvalue weighted by Crippen LogP contribution is 2.38. The molecule has 0 radical (unpaired) electrons. The third-order valence-electron chi connectivity index (χ3n) is 3.24. The molecule has 0 amide bonds. The van der Waals surface area contributed by atoms with E-state index < -0.39 is 5.41 Å². The topological polar surface area (TPSA) is 84.3 Å². The molecule has 0 fully saturated rings. The first-order valence-electron chi connectivity index (χ1n) is 6.27. The minimum Gasteiger partial charge on any atom is -0.239 e. The average molecular weight is 280 g/mol. The second-order valence-electron chi connectivity index (χ2n) is 4.50. The number of hydrogen-bond donors (Lipinski definition) is 0. The van der Waals surface area contributed by atoms with Gasteiger partial charge in [0, 0.05) is 12.8 Å². The van der Waals surface area contributed by atoms with Gasteiger partial charge in [-0.2, -0.15) is 15.8 Å². The molecule has 1 aromatic heterocycles. The van der Waals surface area contributed by atoms with Crippen LogP contribution < -0.4 is 0 Å². The Hall–Kier alpha value is -2.42. The predicted octanol–water partition coefficient (Wildman–Crippen LogP) is 3.67. The van der Waals surface area contributed by atoms with Crippen molar-refractivity contribution in [2.75, 3.05) is 0 Å². The van der Waals surface area contributed by atoms with Crippen molar-refractivity contribution in [3.8, 4) is 18.2 Å². The number of benzene rings is 1. The van der Waals surface area contributed by atoms with Gasteiger partial charge < -0.3 is 0 Å². The van der Waals surface area contributed by atoms with E-state index in [4.69, 9.17) is 10.5 Å². The van der Waals surface area contributed by atoms with Crippen LogP contribution >= 0.6 is 11.3 Å². The summed E-state index contributed by atoms with van der Waals surface area (Å²) in [6.07, 6.45) is 1.41. The van der Waals surface area contributed by atoms with Crippen LogP contribution in [-0.4, -0.2) is 4.98 Å². The highest BCUT2D eigenvalue weighted by molar-refractivity contribution is 7.18. The number of aromatic nitrogens is 1. The van der Waals surface area contributed by atoms with E-state index in [-0.39, 0.29) is 12.8 Å². The molecule has 0 aliphatic heterocycles. The maximum atomic E-state index is 9.61. The van der Waals surface area contributed by atoms with Crippen molar-refractivity contribution in [3.05, 3.63) is 29.3 Å². The van der Waals surface area contributed by atoms with E-state index in [1.807, 2.05) is 24.3 Å². The summed E-state index contributed by atoms with van der Waals surface area (Å²) in [6.45, 7) is 0. The van der Waals surface area contributed by atoms with Crippen molar-refractivity contribution in [2.45, 2.75) is 31.1 Å². The molecule has 20 heavy (non-hydrogen) atoms. The molecule has 1 heterocycles. The Balaban J connectivity index is 2.46. The van der Waals surface area contributed by atoms with Crippen molar-refractivity contribution in [2.24, 2.45) is 0 Å². The quantitative estimate of drug-likeness (QED) is 0.836. The van der Waals surface area contributed by atoms with Gasteiger partial charge in [-0.05, 0) is 25.0 Å². The van der Waals surface area contributed by atoms with E-state index in [1.165, 1.54) is 11.3 Å². The summed E-state index contributed by atoms with van der Waals surface area (Å²) in [4.78, 5) is 4.54. The fourth-order valence-corrected chi connectivity index (χ4v) is 3.28. The summed E-state index contributed by atoms with van der Waals surface area (Å²) in [7, 11) is 0. The summed E-state index contributed by atoms with van der Waals surface area (Å²) >= 11 is 1.48. The SMILES string of the molecule is N#CCCC(C#N)(CCC#N)c1nc2ccccc2s1. The summed E-state index contributed by atoms with van der Waals surface area (Å²) in [6, 6.07) is 14.2. The molecule has 0 N–H and O–H groups in total. The molecule has 4 nitrogen and oxygen atoms in total. The van der Waals surface area contributed by atoms with Crippen LogP contribution in [-0.2, 0) is 5.41 Å². The van der Waals surface area contributed by atoms with Crippen molar-refractivity contribution in [3.63, 3.8) is 0 Å². The molecule has 0 bridgehead atoms. The van der Waals surface area contributed by atoms with E-state index in [1.54, 1.807) is 0 Å². The van der Waals surface area contributed by atoms with Gasteiger partial charge in [-0.3, -0.25) is 0 Å². The van der Waals surface area contributed by atoms with Gasteiger partial charge >= 0.3 is 0 Å². The lowest BCUT2D eigenvalue weighted by Crippen LogP contribution is -2.23. The van der Waals surface area contributed by atoms with Crippen LogP contribution in [0.15, 0.2) is 24.3 Å². The fraction of sp³-hybridized carbons (Fsp3) is 0.333. The maximum Gasteiger partial charge on any atom is 0.114 e. The molecule has 2 rings (SSSR count). The van der Waals surface area contributed by atoms with Crippen LogP contribution in [0.4, 0.5) is 0 Å². The van der Waals surface area contributed by atoms with Gasteiger partial charge in [0.1, 0.15) is 10.4 Å². The van der Waals surface area contributed by atoms with Crippen LogP contribution in [0.25, 0.3) is 10.2 Å². The standard InChI is InChI=1S/C15H12N4S/c16-9-3-7-15(11-18,8-4-10-17)14-19-12-5-1-2-6-13(12)20-14/h1-2,5-6H,3-4,7-8H2. The molecule has 0 aliphatic carbocycles. The number of fused-ring (bicyclic) bond motifs is 1. The molecule has 1 aromatic carbocycles. The molecule has 0 aliphatic rings. The highest BCUT2D eigenvalue weighted by Gasteiger charge is 2.35. The van der Waals surface area contributed by atoms with E-state index >= 15 is 0 Å². The molecular weight excluding hydrogens is 268 g/mol. The van der Waals surface area contributed by atoms with Crippen molar-refractivity contribution in [1.82, 2.24) is 4.98 Å². The predicted molar refractivity (Wildman–Crippen MR) is 76.6 cm³/mol. The van der Waals surface area contributed by atoms with Crippen molar-refractivity contribution < 1.29 is 0 Å². The molecule has 0 unspecified atom stereocenters. The lowest BCUT2D eigenvalue weighted by atomic mass is 9.81. The molecule has 98 valence electrons. The van der Waals surface area contributed by atoms with E-state index in [0.29, 0.717) is 17.8 Å². The zero-order valence-electron chi connectivity index (χ0n) is 10.8. The minimum atomic E-state index is -0.824. The van der Waals surface area contributed by atoms with Crippen molar-refractivity contribution in [1.29, 1.82) is 15.8 Å². The summed E-state index contributed by atoms with van der Waals surface area (Å²) < 4.78 is 1.02. The largest absolute Gasteiger partial charge is 0.239 e. The minimum absolute atomic E-state index is 0.287. The highest BCUT2D eigenvalue weighted by atomic mass is 32.1. The third-order valence-corrected chi connectivity index (χ3v) is 4.48. The molecule has 0 saturated heterocycles. The van der Waals surface area contributed by atoms with E-state index in [0.717, 1.165) is 10.2 Å². The molecule has 0 atom stereocenters. The molecule has 0 saturated carbocycles. The number of hydrogen-bond acceptors (Lipinski definition) is 5. The Morgan fingerprint density at radius 3 is 2.25 bits per heavy atom. The Morgan fingerprint density at radius 1 is 1.05 bits per heavy atom. The van der Waals surface area contributed by atoms with Crippen molar-refractivity contribution >= 4 is 21.6 Å². The van der Waals surface area contributed by atoms with Gasteiger partial charge in [0.25, 0.3) is 0 Å². The van der Waals surface area contributed by atoms with Gasteiger partial charge in [-0.1, -0.05) is 12.1 Å². The summed E-state index contributed by atoms with van der Waals surface area (Å²) in [5.74, 6) is 0. The number of para-hydroxylation sites is 1. The number of nitrogens with zero attached hydrogens (tertiary/aromatic N) is 4. The van der Waals surface area contributed by atoms with Crippen LogP contribution in [0.1, 0.15) is 30.7 Å². The Labute approximate surface area is 121 Å². The van der Waals surface area contributed by atoms with Crippen LogP contribution in [0, 0.1) is 34.0 Å². The first-order valence-corrected chi connectivity index (χ1v) is 7.08. The number of rotatable bonds is 5. The van der Waals surface area contributed by atoms with Crippen LogP contribution in [0.3, 0.4) is 0 Å². The molecular formula is C15H12N4S. The van der Waals surface area contributed by atoms with Gasteiger partial charge in [0.15, 0.2) is 0 Å². The van der Waals surface area contributed by atoms with Gasteiger partial charge in [-0.25, -0.2) is 4.98 Å². The van der Waals surface area contributed by atoms with Gasteiger partial charge in [-0.15, -0.1) is 11.3 Å². The Morgan fingerprint density at radius 2 is 1.70 bits per heavy atom. The second-order valence-corrected chi connectivity index (χ2v) is 5.53. The van der Waals surface area contributed by atoms with Gasteiger partial charge in [0.05, 0.1) is 28.4 Å². The summed E-state index contributed by atoms with van der Waals surface area (Å²) in [5, 5.41) is 27.9. The Kier molecular flexibility index (Phi) is 4.31. The van der Waals surface area contributed by atoms with Crippen LogP contribution in [0.2, 0.25) is 0 Å². The number of nitriles is 3.